The molecule has 0 saturated carbocycles. The maximum absolute atomic E-state index is 12.3. The Kier molecular flexibility index (Phi) is 5.93. The van der Waals surface area contributed by atoms with Gasteiger partial charge in [-0.2, -0.15) is 0 Å². The van der Waals surface area contributed by atoms with Gasteiger partial charge in [0.2, 0.25) is 15.9 Å². The third-order valence-electron chi connectivity index (χ3n) is 3.79. The van der Waals surface area contributed by atoms with Crippen LogP contribution in [0.4, 0.5) is 0 Å². The normalized spacial score (nSPS) is 18.0. The maximum atomic E-state index is 12.3. The molecule has 1 aromatic rings. The number of sulfonamides is 1. The van der Waals surface area contributed by atoms with Gasteiger partial charge in [0.1, 0.15) is 0 Å². The van der Waals surface area contributed by atoms with Crippen molar-refractivity contribution >= 4 is 15.9 Å². The standard InChI is InChI=1S/C15H22N2O4S/c16-15(18)10-14(13-6-8-21-9-7-13)17-22(19,20)11-12-4-2-1-3-5-12/h1-5,13-14,17H,6-11H2,(H2,16,18)/t14-/m0/s1. The molecule has 0 aliphatic carbocycles. The number of carbonyl (C=O) groups excluding carboxylic acids is 1. The Morgan fingerprint density at radius 2 is 1.91 bits per heavy atom. The Bertz CT molecular complexity index is 583. The lowest BCUT2D eigenvalue weighted by Gasteiger charge is -2.30. The van der Waals surface area contributed by atoms with Gasteiger partial charge in [0.15, 0.2) is 0 Å². The summed E-state index contributed by atoms with van der Waals surface area (Å²) in [5.74, 6) is -0.530. The molecule has 0 unspecified atom stereocenters. The van der Waals surface area contributed by atoms with Crippen LogP contribution in [0, 0.1) is 5.92 Å². The molecule has 3 N–H and O–H groups in total. The molecule has 0 radical (unpaired) electrons. The quantitative estimate of drug-likeness (QED) is 0.773. The van der Waals surface area contributed by atoms with Crippen molar-refractivity contribution in [3.8, 4) is 0 Å². The van der Waals surface area contributed by atoms with Gasteiger partial charge in [-0.1, -0.05) is 30.3 Å². The molecule has 2 rings (SSSR count). The van der Waals surface area contributed by atoms with Crippen molar-refractivity contribution in [2.75, 3.05) is 13.2 Å². The Balaban J connectivity index is 2.05. The number of nitrogens with one attached hydrogen (secondary N) is 1. The van der Waals surface area contributed by atoms with E-state index in [0.29, 0.717) is 18.8 Å². The lowest BCUT2D eigenvalue weighted by Crippen LogP contribution is -2.44. The summed E-state index contributed by atoms with van der Waals surface area (Å²) in [4.78, 5) is 11.3. The first kappa shape index (κ1) is 16.9. The highest BCUT2D eigenvalue weighted by molar-refractivity contribution is 7.88. The van der Waals surface area contributed by atoms with Crippen molar-refractivity contribution in [3.05, 3.63) is 35.9 Å². The van der Waals surface area contributed by atoms with Crippen molar-refractivity contribution in [1.29, 1.82) is 0 Å². The molecule has 1 heterocycles. The molecule has 1 amide bonds. The fourth-order valence-corrected chi connectivity index (χ4v) is 4.16. The van der Waals surface area contributed by atoms with Crippen LogP contribution < -0.4 is 10.5 Å². The number of nitrogens with two attached hydrogens (primary N) is 1. The third kappa shape index (κ3) is 5.40. The van der Waals surface area contributed by atoms with Crippen LogP contribution in [0.2, 0.25) is 0 Å². The Hall–Kier alpha value is -1.44. The molecule has 7 heteroatoms. The van der Waals surface area contributed by atoms with Crippen LogP contribution in [-0.4, -0.2) is 33.6 Å². The van der Waals surface area contributed by atoms with Crippen LogP contribution in [0.15, 0.2) is 30.3 Å². The zero-order chi connectivity index (χ0) is 16.0. The molecule has 22 heavy (non-hydrogen) atoms. The van der Waals surface area contributed by atoms with E-state index in [4.69, 9.17) is 10.5 Å². The Morgan fingerprint density at radius 1 is 1.27 bits per heavy atom. The minimum Gasteiger partial charge on any atom is -0.381 e. The summed E-state index contributed by atoms with van der Waals surface area (Å²) in [5.41, 5.74) is 5.97. The number of carbonyl (C=O) groups is 1. The van der Waals surface area contributed by atoms with Crippen LogP contribution in [0.1, 0.15) is 24.8 Å². The molecule has 1 atom stereocenters. The minimum absolute atomic E-state index is 0.0126. The Labute approximate surface area is 131 Å². The predicted octanol–water partition coefficient (Wildman–Crippen LogP) is 0.777. The Morgan fingerprint density at radius 3 is 2.50 bits per heavy atom. The van der Waals surface area contributed by atoms with Gasteiger partial charge in [-0.25, -0.2) is 13.1 Å². The van der Waals surface area contributed by atoms with E-state index in [9.17, 15) is 13.2 Å². The summed E-state index contributed by atoms with van der Waals surface area (Å²) in [6.45, 7) is 1.17. The lowest BCUT2D eigenvalue weighted by atomic mass is 9.90. The van der Waals surface area contributed by atoms with Crippen molar-refractivity contribution in [2.45, 2.75) is 31.1 Å². The van der Waals surface area contributed by atoms with E-state index in [0.717, 1.165) is 12.8 Å². The highest BCUT2D eigenvalue weighted by Gasteiger charge is 2.29. The van der Waals surface area contributed by atoms with Crippen molar-refractivity contribution in [3.63, 3.8) is 0 Å². The third-order valence-corrected chi connectivity index (χ3v) is 5.16. The highest BCUT2D eigenvalue weighted by atomic mass is 32.2. The summed E-state index contributed by atoms with van der Waals surface area (Å²) >= 11 is 0. The molecule has 6 nitrogen and oxygen atoms in total. The van der Waals surface area contributed by atoms with Crippen molar-refractivity contribution in [2.24, 2.45) is 11.7 Å². The fraction of sp³-hybridized carbons (Fsp3) is 0.533. The summed E-state index contributed by atoms with van der Waals surface area (Å²) in [6, 6.07) is 8.49. The number of hydrogen-bond donors (Lipinski definition) is 2. The summed E-state index contributed by atoms with van der Waals surface area (Å²) < 4.78 is 32.6. The molecular weight excluding hydrogens is 304 g/mol. The zero-order valence-electron chi connectivity index (χ0n) is 12.4. The van der Waals surface area contributed by atoms with Gasteiger partial charge < -0.3 is 10.5 Å². The first-order valence-electron chi connectivity index (χ1n) is 7.36. The lowest BCUT2D eigenvalue weighted by molar-refractivity contribution is -0.118. The van der Waals surface area contributed by atoms with Crippen LogP contribution in [0.5, 0.6) is 0 Å². The zero-order valence-corrected chi connectivity index (χ0v) is 13.2. The van der Waals surface area contributed by atoms with E-state index in [2.05, 4.69) is 4.72 Å². The van der Waals surface area contributed by atoms with E-state index in [1.54, 1.807) is 24.3 Å². The second-order valence-corrected chi connectivity index (χ2v) is 7.34. The molecule has 122 valence electrons. The molecule has 0 aromatic heterocycles. The van der Waals surface area contributed by atoms with E-state index in [-0.39, 0.29) is 18.1 Å². The average molecular weight is 326 g/mol. The highest BCUT2D eigenvalue weighted by Crippen LogP contribution is 2.22. The molecule has 0 bridgehead atoms. The van der Waals surface area contributed by atoms with E-state index < -0.39 is 22.0 Å². The number of rotatable bonds is 7. The number of hydrogen-bond acceptors (Lipinski definition) is 4. The van der Waals surface area contributed by atoms with Crippen LogP contribution in [0.25, 0.3) is 0 Å². The average Bonchev–Trinajstić information content (AvgIpc) is 2.47. The second-order valence-electron chi connectivity index (χ2n) is 5.59. The first-order chi connectivity index (χ1) is 10.5. The van der Waals surface area contributed by atoms with Gasteiger partial charge in [-0.3, -0.25) is 4.79 Å². The van der Waals surface area contributed by atoms with E-state index in [1.165, 1.54) is 0 Å². The molecule has 0 spiro atoms. The second kappa shape index (κ2) is 7.71. The first-order valence-corrected chi connectivity index (χ1v) is 9.01. The molecular formula is C15H22N2O4S. The summed E-state index contributed by atoms with van der Waals surface area (Å²) in [6.07, 6.45) is 1.47. The van der Waals surface area contributed by atoms with Crippen molar-refractivity contribution in [1.82, 2.24) is 4.72 Å². The predicted molar refractivity (Wildman–Crippen MR) is 83.3 cm³/mol. The number of benzene rings is 1. The van der Waals surface area contributed by atoms with Gasteiger partial charge in [0.25, 0.3) is 0 Å². The van der Waals surface area contributed by atoms with Gasteiger partial charge in [0.05, 0.1) is 5.75 Å². The maximum Gasteiger partial charge on any atom is 0.219 e. The monoisotopic (exact) mass is 326 g/mol. The molecule has 1 fully saturated rings. The minimum atomic E-state index is -3.53. The van der Waals surface area contributed by atoms with Crippen molar-refractivity contribution < 1.29 is 17.9 Å². The number of ether oxygens (including phenoxy) is 1. The topological polar surface area (TPSA) is 98.5 Å². The van der Waals surface area contributed by atoms with Crippen LogP contribution >= 0.6 is 0 Å². The SMILES string of the molecule is NC(=O)C[C@H](NS(=O)(=O)Cc1ccccc1)C1CCOCC1. The molecule has 1 aliphatic heterocycles. The van der Waals surface area contributed by atoms with Gasteiger partial charge in [-0.05, 0) is 24.3 Å². The van der Waals surface area contributed by atoms with Crippen LogP contribution in [0.3, 0.4) is 0 Å². The molecule has 1 saturated heterocycles. The summed E-state index contributed by atoms with van der Waals surface area (Å²) in [7, 11) is -3.53. The van der Waals surface area contributed by atoms with Gasteiger partial charge >= 0.3 is 0 Å². The largest absolute Gasteiger partial charge is 0.381 e. The van der Waals surface area contributed by atoms with Gasteiger partial charge in [-0.15, -0.1) is 0 Å². The number of amides is 1. The summed E-state index contributed by atoms with van der Waals surface area (Å²) in [5, 5.41) is 0. The molecule has 1 aromatic carbocycles. The van der Waals surface area contributed by atoms with E-state index >= 15 is 0 Å². The fourth-order valence-electron chi connectivity index (χ4n) is 2.71. The van der Waals surface area contributed by atoms with Crippen LogP contribution in [-0.2, 0) is 25.3 Å². The van der Waals surface area contributed by atoms with E-state index in [1.807, 2.05) is 6.07 Å². The van der Waals surface area contributed by atoms with Gasteiger partial charge in [0, 0.05) is 25.7 Å². The smallest absolute Gasteiger partial charge is 0.219 e. The number of primary amides is 1. The molecule has 1 aliphatic rings.